The Bertz CT molecular complexity index is 1620. The molecular weight excluding hydrogens is 482 g/mol. The number of nitrogens with zero attached hydrogens (tertiary/aromatic N) is 5. The first-order valence-corrected chi connectivity index (χ1v) is 13.6. The van der Waals surface area contributed by atoms with Crippen molar-refractivity contribution in [2.75, 3.05) is 29.0 Å². The summed E-state index contributed by atoms with van der Waals surface area (Å²) in [7, 11) is 1.89. The highest BCUT2D eigenvalue weighted by Gasteiger charge is 2.29. The van der Waals surface area contributed by atoms with Gasteiger partial charge in [0.2, 0.25) is 0 Å². The van der Waals surface area contributed by atoms with Gasteiger partial charge in [0, 0.05) is 43.9 Å². The zero-order chi connectivity index (χ0) is 26.3. The summed E-state index contributed by atoms with van der Waals surface area (Å²) in [5.74, 6) is 0.506. The number of anilines is 3. The Labute approximate surface area is 228 Å². The lowest BCUT2D eigenvalue weighted by Crippen LogP contribution is -2.43. The topological polar surface area (TPSA) is 75.2 Å². The van der Waals surface area contributed by atoms with Crippen LogP contribution in [0.4, 0.5) is 17.2 Å². The fraction of sp³-hybridized carbons (Fsp3) is 0.219. The Morgan fingerprint density at radius 1 is 0.897 bits per heavy atom. The maximum atomic E-state index is 6.20. The SMILES string of the molecule is Cn1nc(N)c2cc(-c3ccccc3)c(-c3ccc(CN4CCC(N5[CH]Nc6ccccc65)CC4)cc3)nc21. The van der Waals surface area contributed by atoms with Crippen LogP contribution in [-0.2, 0) is 13.6 Å². The standard InChI is InChI=1S/C32H32N7/c1-37-32-27(31(33)36-37)19-26(23-7-3-2-4-8-23)30(35-32)24-13-11-22(12-14-24)20-38-17-15-25(16-18-38)39-21-34-28-9-5-6-10-29(28)39/h2-14,19,21,25,34H,15-18,20H2,1H3,(H2,33,36). The molecule has 2 aliphatic rings. The average molecular weight is 515 g/mol. The number of nitrogens with two attached hydrogens (primary N) is 1. The number of para-hydroxylation sites is 2. The van der Waals surface area contributed by atoms with Crippen molar-refractivity contribution in [3.8, 4) is 22.4 Å². The van der Waals surface area contributed by atoms with E-state index in [0.29, 0.717) is 11.9 Å². The van der Waals surface area contributed by atoms with Crippen LogP contribution in [0, 0.1) is 6.67 Å². The van der Waals surface area contributed by atoms with Gasteiger partial charge in [-0.3, -0.25) is 4.90 Å². The largest absolute Gasteiger partial charge is 0.382 e. The smallest absolute Gasteiger partial charge is 0.160 e. The van der Waals surface area contributed by atoms with Crippen LogP contribution in [0.5, 0.6) is 0 Å². The molecule has 0 aliphatic carbocycles. The third-order valence-electron chi connectivity index (χ3n) is 8.05. The van der Waals surface area contributed by atoms with Gasteiger partial charge in [0.15, 0.2) is 11.5 Å². The number of hydrogen-bond donors (Lipinski definition) is 2. The number of nitrogens with one attached hydrogen (secondary N) is 1. The third-order valence-corrected chi connectivity index (χ3v) is 8.05. The van der Waals surface area contributed by atoms with Crippen LogP contribution >= 0.6 is 0 Å². The second-order valence-electron chi connectivity index (χ2n) is 10.5. The maximum Gasteiger partial charge on any atom is 0.160 e. The summed E-state index contributed by atoms with van der Waals surface area (Å²) in [5, 5.41) is 8.70. The van der Waals surface area contributed by atoms with Crippen molar-refractivity contribution in [2.45, 2.75) is 25.4 Å². The van der Waals surface area contributed by atoms with Crippen LogP contribution in [0.15, 0.2) is 84.9 Å². The molecule has 1 fully saturated rings. The summed E-state index contributed by atoms with van der Waals surface area (Å²) in [4.78, 5) is 10.0. The molecule has 0 saturated carbocycles. The molecule has 0 bridgehead atoms. The lowest BCUT2D eigenvalue weighted by Gasteiger charge is -2.37. The molecule has 0 spiro atoms. The molecule has 5 aromatic rings. The highest BCUT2D eigenvalue weighted by atomic mass is 15.3. The van der Waals surface area contributed by atoms with Crippen molar-refractivity contribution in [3.05, 3.63) is 97.2 Å². The number of hydrogen-bond acceptors (Lipinski definition) is 6. The van der Waals surface area contributed by atoms with Gasteiger partial charge in [0.05, 0.1) is 22.5 Å². The minimum absolute atomic E-state index is 0.506. The zero-order valence-electron chi connectivity index (χ0n) is 22.1. The highest BCUT2D eigenvalue weighted by Crippen LogP contribution is 2.37. The van der Waals surface area contributed by atoms with Gasteiger partial charge in [-0.25, -0.2) is 9.67 Å². The summed E-state index contributed by atoms with van der Waals surface area (Å²) in [6.07, 6.45) is 2.31. The number of rotatable bonds is 5. The van der Waals surface area contributed by atoms with E-state index in [1.807, 2.05) is 13.1 Å². The van der Waals surface area contributed by atoms with Crippen LogP contribution < -0.4 is 16.0 Å². The number of nitrogen functional groups attached to an aromatic ring is 1. The molecule has 2 aliphatic heterocycles. The monoisotopic (exact) mass is 514 g/mol. The molecule has 39 heavy (non-hydrogen) atoms. The van der Waals surface area contributed by atoms with Crippen LogP contribution in [0.25, 0.3) is 33.4 Å². The van der Waals surface area contributed by atoms with Gasteiger partial charge in [-0.15, -0.1) is 0 Å². The van der Waals surface area contributed by atoms with Gasteiger partial charge in [-0.05, 0) is 42.2 Å². The summed E-state index contributed by atoms with van der Waals surface area (Å²) in [6, 6.07) is 30.5. The van der Waals surface area contributed by atoms with Crippen LogP contribution in [0.2, 0.25) is 0 Å². The first-order valence-electron chi connectivity index (χ1n) is 13.6. The van der Waals surface area contributed by atoms with E-state index < -0.39 is 0 Å². The van der Waals surface area contributed by atoms with Crippen molar-refractivity contribution < 1.29 is 0 Å². The minimum atomic E-state index is 0.506. The molecule has 3 aromatic carbocycles. The van der Waals surface area contributed by atoms with Crippen molar-refractivity contribution in [1.29, 1.82) is 0 Å². The maximum absolute atomic E-state index is 6.20. The normalized spacial score (nSPS) is 16.0. The van der Waals surface area contributed by atoms with Crippen molar-refractivity contribution in [3.63, 3.8) is 0 Å². The predicted molar refractivity (Wildman–Crippen MR) is 159 cm³/mol. The van der Waals surface area contributed by atoms with Crippen molar-refractivity contribution in [1.82, 2.24) is 19.7 Å². The van der Waals surface area contributed by atoms with Gasteiger partial charge < -0.3 is 16.0 Å². The van der Waals surface area contributed by atoms with Gasteiger partial charge in [-0.2, -0.15) is 5.10 Å². The van der Waals surface area contributed by atoms with E-state index in [4.69, 9.17) is 10.7 Å². The van der Waals surface area contributed by atoms with Crippen LogP contribution in [0.3, 0.4) is 0 Å². The number of piperidine rings is 1. The van der Waals surface area contributed by atoms with Gasteiger partial charge in [0.25, 0.3) is 0 Å². The van der Waals surface area contributed by atoms with Crippen LogP contribution in [-0.4, -0.2) is 38.8 Å². The molecule has 1 saturated heterocycles. The molecule has 7 heteroatoms. The molecule has 7 nitrogen and oxygen atoms in total. The molecular formula is C32H32N7. The molecule has 0 amide bonds. The van der Waals surface area contributed by atoms with Crippen molar-refractivity contribution in [2.24, 2.45) is 7.05 Å². The van der Waals surface area contributed by atoms with Gasteiger partial charge >= 0.3 is 0 Å². The van der Waals surface area contributed by atoms with E-state index in [0.717, 1.165) is 65.9 Å². The summed E-state index contributed by atoms with van der Waals surface area (Å²) in [5.41, 5.74) is 15.0. The minimum Gasteiger partial charge on any atom is -0.382 e. The number of likely N-dealkylation sites (tertiary alicyclic amines) is 1. The Morgan fingerprint density at radius 2 is 1.64 bits per heavy atom. The second kappa shape index (κ2) is 9.75. The van der Waals surface area contributed by atoms with E-state index in [9.17, 15) is 0 Å². The highest BCUT2D eigenvalue weighted by molar-refractivity contribution is 5.95. The Balaban J connectivity index is 1.09. The van der Waals surface area contributed by atoms with Crippen molar-refractivity contribution >= 4 is 28.2 Å². The van der Waals surface area contributed by atoms with Gasteiger partial charge in [0.1, 0.15) is 6.67 Å². The first kappa shape index (κ1) is 23.7. The third kappa shape index (κ3) is 4.38. The first-order chi connectivity index (χ1) is 19.1. The fourth-order valence-electron chi connectivity index (χ4n) is 5.97. The van der Waals surface area contributed by atoms with Gasteiger partial charge in [-0.1, -0.05) is 66.7 Å². The van der Waals surface area contributed by atoms with E-state index in [1.165, 1.54) is 16.9 Å². The lowest BCUT2D eigenvalue weighted by atomic mass is 9.97. The zero-order valence-corrected chi connectivity index (χ0v) is 22.1. The lowest BCUT2D eigenvalue weighted by molar-refractivity contribution is 0.204. The summed E-state index contributed by atoms with van der Waals surface area (Å²) in [6.45, 7) is 5.29. The van der Waals surface area contributed by atoms with E-state index >= 15 is 0 Å². The summed E-state index contributed by atoms with van der Waals surface area (Å²) < 4.78 is 1.76. The number of aromatic nitrogens is 3. The number of pyridine rings is 1. The molecule has 0 unspecified atom stereocenters. The average Bonchev–Trinajstić information content (AvgIpc) is 3.54. The van der Waals surface area contributed by atoms with E-state index in [1.54, 1.807) is 4.68 Å². The molecule has 0 atom stereocenters. The number of benzene rings is 3. The second-order valence-corrected chi connectivity index (χ2v) is 10.5. The summed E-state index contributed by atoms with van der Waals surface area (Å²) >= 11 is 0. The Hall–Kier alpha value is -4.36. The molecule has 1 radical (unpaired) electrons. The van der Waals surface area contributed by atoms with Crippen LogP contribution in [0.1, 0.15) is 18.4 Å². The fourth-order valence-corrected chi connectivity index (χ4v) is 5.97. The molecule has 4 heterocycles. The Morgan fingerprint density at radius 3 is 2.44 bits per heavy atom. The quantitative estimate of drug-likeness (QED) is 0.304. The molecule has 195 valence electrons. The molecule has 7 rings (SSSR count). The Kier molecular flexibility index (Phi) is 5.93. The molecule has 2 aromatic heterocycles. The number of aryl methyl sites for hydroxylation is 1. The van der Waals surface area contributed by atoms with E-state index in [2.05, 4.69) is 106 Å². The molecule has 3 N–H and O–H groups in total. The van der Waals surface area contributed by atoms with E-state index in [-0.39, 0.29) is 0 Å². The number of fused-ring (bicyclic) bond motifs is 2. The predicted octanol–water partition coefficient (Wildman–Crippen LogP) is 5.90.